The van der Waals surface area contributed by atoms with Crippen LogP contribution >= 0.6 is 0 Å². The Morgan fingerprint density at radius 1 is 0.860 bits per heavy atom. The summed E-state index contributed by atoms with van der Waals surface area (Å²) < 4.78 is 5.99. The summed E-state index contributed by atoms with van der Waals surface area (Å²) in [6.07, 6.45) is 17.1. The van der Waals surface area contributed by atoms with Crippen molar-refractivity contribution in [2.45, 2.75) is 89.2 Å². The number of benzene rings is 2. The highest BCUT2D eigenvalue weighted by Gasteiger charge is 2.33. The molecule has 43 heavy (non-hydrogen) atoms. The van der Waals surface area contributed by atoms with Crippen LogP contribution in [0.4, 0.5) is 10.5 Å². The molecule has 230 valence electrons. The van der Waals surface area contributed by atoms with Crippen molar-refractivity contribution < 1.29 is 9.53 Å². The van der Waals surface area contributed by atoms with Crippen molar-refractivity contribution in [3.63, 3.8) is 0 Å². The van der Waals surface area contributed by atoms with Gasteiger partial charge in [-0.2, -0.15) is 0 Å². The number of rotatable bonds is 13. The first-order valence-electron chi connectivity index (χ1n) is 16.6. The molecule has 5 rings (SSSR count). The maximum Gasteiger partial charge on any atom is 0.412 e. The van der Waals surface area contributed by atoms with Crippen molar-refractivity contribution in [1.82, 2.24) is 14.8 Å². The molecule has 6 heteroatoms. The fourth-order valence-corrected chi connectivity index (χ4v) is 6.74. The summed E-state index contributed by atoms with van der Waals surface area (Å²) in [5, 5.41) is 3.00. The number of likely N-dealkylation sites (tertiary alicyclic amines) is 2. The minimum atomic E-state index is -0.424. The third kappa shape index (κ3) is 9.38. The molecule has 2 fully saturated rings. The normalized spacial score (nSPS) is 19.1. The number of aromatic nitrogens is 1. The number of nitrogens with zero attached hydrogens (tertiary/aromatic N) is 3. The number of ether oxygens (including phenoxy) is 1. The lowest BCUT2D eigenvalue weighted by molar-refractivity contribution is -0.0163. The third-order valence-electron chi connectivity index (χ3n) is 9.35. The van der Waals surface area contributed by atoms with Crippen molar-refractivity contribution in [3.05, 3.63) is 84.7 Å². The van der Waals surface area contributed by atoms with Crippen molar-refractivity contribution in [2.24, 2.45) is 0 Å². The summed E-state index contributed by atoms with van der Waals surface area (Å²) in [7, 11) is 0. The van der Waals surface area contributed by atoms with Gasteiger partial charge in [0.15, 0.2) is 0 Å². The fraction of sp³-hybridized carbons (Fsp3) is 0.514. The Labute approximate surface area is 258 Å². The zero-order valence-electron chi connectivity index (χ0n) is 26.1. The summed E-state index contributed by atoms with van der Waals surface area (Å²) in [6, 6.07) is 22.9. The molecule has 2 aromatic carbocycles. The van der Waals surface area contributed by atoms with Gasteiger partial charge in [-0.25, -0.2) is 4.79 Å². The standard InChI is InChI=1S/C37H50N4O2/c1-37(43-36(42)39-34-20-10-9-19-33(34)31-16-7-6-8-17-31)22-28-40(29-23-37)25-12-4-2-3-5-13-26-41-27-14-11-21-35(41)32-18-15-24-38-30-32/h6-10,15-20,24,30,35H,2-5,11-14,21-23,25-29H2,1H3,(H,39,42)/t35-/m0/s1. The predicted octanol–water partition coefficient (Wildman–Crippen LogP) is 8.72. The van der Waals surface area contributed by atoms with Crippen molar-refractivity contribution >= 4 is 11.8 Å². The van der Waals surface area contributed by atoms with Gasteiger partial charge in [-0.15, -0.1) is 0 Å². The molecule has 0 radical (unpaired) electrons. The number of amides is 1. The van der Waals surface area contributed by atoms with Crippen LogP contribution < -0.4 is 5.32 Å². The first kappa shape index (κ1) is 31.2. The SMILES string of the molecule is CC1(OC(=O)Nc2ccccc2-c2ccccc2)CCN(CCCCCCCCN2CCCC[C@H]2c2cccnc2)CC1. The van der Waals surface area contributed by atoms with Crippen LogP contribution in [0.5, 0.6) is 0 Å². The van der Waals surface area contributed by atoms with Crippen LogP contribution in [0.25, 0.3) is 11.1 Å². The summed E-state index contributed by atoms with van der Waals surface area (Å²) in [6.45, 7) is 7.64. The molecule has 2 aliphatic heterocycles. The van der Waals surface area contributed by atoms with E-state index < -0.39 is 5.60 Å². The van der Waals surface area contributed by atoms with Crippen LogP contribution in [-0.2, 0) is 4.74 Å². The lowest BCUT2D eigenvalue weighted by Crippen LogP contribution is -2.46. The Bertz CT molecular complexity index is 1240. The van der Waals surface area contributed by atoms with E-state index in [1.807, 2.05) is 48.7 Å². The van der Waals surface area contributed by atoms with E-state index in [1.54, 1.807) is 0 Å². The van der Waals surface area contributed by atoms with E-state index in [1.165, 1.54) is 76.4 Å². The molecule has 0 aliphatic carbocycles. The molecule has 1 amide bonds. The highest BCUT2D eigenvalue weighted by molar-refractivity contribution is 5.91. The minimum Gasteiger partial charge on any atom is -0.443 e. The van der Waals surface area contributed by atoms with Gasteiger partial charge in [0, 0.05) is 37.1 Å². The van der Waals surface area contributed by atoms with Gasteiger partial charge < -0.3 is 9.64 Å². The van der Waals surface area contributed by atoms with Gasteiger partial charge in [0.05, 0.1) is 5.69 Å². The van der Waals surface area contributed by atoms with E-state index in [0.717, 1.165) is 49.3 Å². The number of para-hydroxylation sites is 1. The number of unbranched alkanes of at least 4 members (excludes halogenated alkanes) is 5. The van der Waals surface area contributed by atoms with Crippen LogP contribution in [0.1, 0.15) is 89.2 Å². The van der Waals surface area contributed by atoms with Crippen LogP contribution in [-0.4, -0.2) is 59.2 Å². The highest BCUT2D eigenvalue weighted by Crippen LogP contribution is 2.32. The smallest absolute Gasteiger partial charge is 0.412 e. The van der Waals surface area contributed by atoms with Gasteiger partial charge >= 0.3 is 6.09 Å². The molecule has 0 bridgehead atoms. The lowest BCUT2D eigenvalue weighted by atomic mass is 9.93. The predicted molar refractivity (Wildman–Crippen MR) is 176 cm³/mol. The molecule has 3 heterocycles. The molecule has 1 aromatic heterocycles. The minimum absolute atomic E-state index is 0.368. The lowest BCUT2D eigenvalue weighted by Gasteiger charge is -2.38. The molecule has 2 aliphatic rings. The second-order valence-electron chi connectivity index (χ2n) is 12.7. The zero-order valence-corrected chi connectivity index (χ0v) is 26.1. The first-order valence-corrected chi connectivity index (χ1v) is 16.6. The van der Waals surface area contributed by atoms with Crippen molar-refractivity contribution in [2.75, 3.05) is 38.0 Å². The number of pyridine rings is 1. The number of hydrogen-bond acceptors (Lipinski definition) is 5. The molecule has 6 nitrogen and oxygen atoms in total. The van der Waals surface area contributed by atoms with E-state index in [4.69, 9.17) is 4.74 Å². The monoisotopic (exact) mass is 582 g/mol. The molecule has 2 saturated heterocycles. The summed E-state index contributed by atoms with van der Waals surface area (Å²) in [4.78, 5) is 22.5. The summed E-state index contributed by atoms with van der Waals surface area (Å²) in [5.74, 6) is 0. The molecule has 1 N–H and O–H groups in total. The quantitative estimate of drug-likeness (QED) is 0.204. The fourth-order valence-electron chi connectivity index (χ4n) is 6.74. The molecular formula is C37H50N4O2. The van der Waals surface area contributed by atoms with Gasteiger partial charge in [-0.1, -0.05) is 86.7 Å². The number of hydrogen-bond donors (Lipinski definition) is 1. The Morgan fingerprint density at radius 3 is 2.35 bits per heavy atom. The number of carbonyl (C=O) groups excluding carboxylic acids is 1. The Balaban J connectivity index is 0.939. The maximum absolute atomic E-state index is 12.9. The van der Waals surface area contributed by atoms with E-state index in [9.17, 15) is 4.79 Å². The molecule has 0 unspecified atom stereocenters. The maximum atomic E-state index is 12.9. The molecule has 1 atom stereocenters. The van der Waals surface area contributed by atoms with Crippen LogP contribution in [0.15, 0.2) is 79.1 Å². The van der Waals surface area contributed by atoms with Crippen LogP contribution in [0.3, 0.4) is 0 Å². The topological polar surface area (TPSA) is 57.7 Å². The summed E-state index contributed by atoms with van der Waals surface area (Å²) >= 11 is 0. The van der Waals surface area contributed by atoms with Gasteiger partial charge in [0.1, 0.15) is 5.60 Å². The van der Waals surface area contributed by atoms with Crippen molar-refractivity contribution in [1.29, 1.82) is 0 Å². The second kappa shape index (κ2) is 16.0. The van der Waals surface area contributed by atoms with Gasteiger partial charge in [0.25, 0.3) is 0 Å². The zero-order chi connectivity index (χ0) is 29.7. The Morgan fingerprint density at radius 2 is 1.58 bits per heavy atom. The first-order chi connectivity index (χ1) is 21.1. The van der Waals surface area contributed by atoms with E-state index in [2.05, 4.69) is 57.5 Å². The molecule has 0 saturated carbocycles. The highest BCUT2D eigenvalue weighted by atomic mass is 16.6. The van der Waals surface area contributed by atoms with Crippen LogP contribution in [0, 0.1) is 0 Å². The van der Waals surface area contributed by atoms with Gasteiger partial charge in [0.2, 0.25) is 0 Å². The number of anilines is 1. The molecule has 0 spiro atoms. The van der Waals surface area contributed by atoms with Crippen molar-refractivity contribution in [3.8, 4) is 11.1 Å². The van der Waals surface area contributed by atoms with E-state index >= 15 is 0 Å². The molecular weight excluding hydrogens is 532 g/mol. The molecule has 3 aromatic rings. The van der Waals surface area contributed by atoms with E-state index in [-0.39, 0.29) is 6.09 Å². The summed E-state index contributed by atoms with van der Waals surface area (Å²) in [5.41, 5.74) is 3.81. The average molecular weight is 583 g/mol. The number of nitrogens with one attached hydrogen (secondary N) is 1. The Hall–Kier alpha value is -3.22. The largest absolute Gasteiger partial charge is 0.443 e. The average Bonchev–Trinajstić information content (AvgIpc) is 3.04. The van der Waals surface area contributed by atoms with Gasteiger partial charge in [-0.3, -0.25) is 15.2 Å². The number of piperidine rings is 2. The second-order valence-corrected chi connectivity index (χ2v) is 12.7. The van der Waals surface area contributed by atoms with Crippen LogP contribution in [0.2, 0.25) is 0 Å². The third-order valence-corrected chi connectivity index (χ3v) is 9.35. The number of carbonyl (C=O) groups is 1. The Kier molecular flexibility index (Phi) is 11.6. The van der Waals surface area contributed by atoms with E-state index in [0.29, 0.717) is 6.04 Å². The van der Waals surface area contributed by atoms with Gasteiger partial charge in [-0.05, 0) is 88.3 Å².